The van der Waals surface area contributed by atoms with Gasteiger partial charge in [0, 0.05) is 22.3 Å². The lowest BCUT2D eigenvalue weighted by molar-refractivity contribution is 0.412. The van der Waals surface area contributed by atoms with Gasteiger partial charge in [-0.25, -0.2) is 8.42 Å². The molecule has 1 aromatic heterocycles. The van der Waals surface area contributed by atoms with E-state index in [1.807, 2.05) is 6.07 Å². The van der Waals surface area contributed by atoms with E-state index >= 15 is 0 Å². The molecule has 0 spiro atoms. The molecule has 1 aliphatic rings. The van der Waals surface area contributed by atoms with E-state index in [-0.39, 0.29) is 11.2 Å². The molecule has 0 aliphatic heterocycles. The molecule has 0 radical (unpaired) electrons. The number of hydrogen-bond donors (Lipinski definition) is 0. The van der Waals surface area contributed by atoms with Gasteiger partial charge < -0.3 is 4.74 Å². The highest BCUT2D eigenvalue weighted by molar-refractivity contribution is 9.10. The molecule has 1 saturated carbocycles. The minimum Gasteiger partial charge on any atom is -0.496 e. The molecule has 112 valence electrons. The van der Waals surface area contributed by atoms with Crippen LogP contribution in [0.1, 0.15) is 18.9 Å². The average molecular weight is 393 g/mol. The minimum atomic E-state index is -3.92. The van der Waals surface area contributed by atoms with E-state index in [1.165, 1.54) is 0 Å². The van der Waals surface area contributed by atoms with Gasteiger partial charge in [0.15, 0.2) is 5.82 Å². The van der Waals surface area contributed by atoms with Crippen molar-refractivity contribution in [3.8, 4) is 17.1 Å². The monoisotopic (exact) mass is 391 g/mol. The number of benzene rings is 1. The quantitative estimate of drug-likeness (QED) is 0.748. The van der Waals surface area contributed by atoms with Crippen LogP contribution in [0.4, 0.5) is 0 Å². The highest BCUT2D eigenvalue weighted by Gasteiger charge is 2.34. The largest absolute Gasteiger partial charge is 0.496 e. The molecule has 1 aromatic carbocycles. The van der Waals surface area contributed by atoms with Crippen molar-refractivity contribution in [3.05, 3.63) is 22.7 Å². The summed E-state index contributed by atoms with van der Waals surface area (Å²) in [6, 6.07) is 5.48. The number of aromatic nitrogens is 3. The van der Waals surface area contributed by atoms with Crippen LogP contribution in [-0.2, 0) is 9.05 Å². The van der Waals surface area contributed by atoms with E-state index in [1.54, 1.807) is 23.8 Å². The van der Waals surface area contributed by atoms with Crippen LogP contribution < -0.4 is 4.74 Å². The summed E-state index contributed by atoms with van der Waals surface area (Å²) in [5.74, 6) is 1.17. The molecule has 1 heterocycles. The van der Waals surface area contributed by atoms with Crippen LogP contribution in [0.15, 0.2) is 27.8 Å². The fourth-order valence-corrected chi connectivity index (χ4v) is 3.57. The summed E-state index contributed by atoms with van der Waals surface area (Å²) in [7, 11) is 3.09. The van der Waals surface area contributed by atoms with Crippen molar-refractivity contribution in [2.24, 2.45) is 0 Å². The Bertz CT molecular complexity index is 802. The Morgan fingerprint density at radius 2 is 2.10 bits per heavy atom. The van der Waals surface area contributed by atoms with Crippen LogP contribution in [0, 0.1) is 0 Å². The van der Waals surface area contributed by atoms with E-state index in [2.05, 4.69) is 26.1 Å². The van der Waals surface area contributed by atoms with Crippen molar-refractivity contribution in [3.63, 3.8) is 0 Å². The van der Waals surface area contributed by atoms with Gasteiger partial charge in [-0.15, -0.1) is 10.2 Å². The highest BCUT2D eigenvalue weighted by atomic mass is 79.9. The zero-order valence-electron chi connectivity index (χ0n) is 11.0. The van der Waals surface area contributed by atoms with E-state index in [0.29, 0.717) is 11.6 Å². The first-order valence-electron chi connectivity index (χ1n) is 6.15. The van der Waals surface area contributed by atoms with Crippen molar-refractivity contribution in [2.75, 3.05) is 7.11 Å². The molecule has 0 N–H and O–H groups in total. The Morgan fingerprint density at radius 3 is 2.62 bits per heavy atom. The standard InChI is InChI=1S/C12H11BrClN3O3S/c1-20-10-5-2-7(6-9(10)13)11-15-16-12(21(14,18)19)17(11)8-3-4-8/h2,5-6,8H,3-4H2,1H3. The number of ether oxygens (including phenoxy) is 1. The first kappa shape index (κ1) is 14.8. The van der Waals surface area contributed by atoms with Gasteiger partial charge in [-0.3, -0.25) is 4.57 Å². The van der Waals surface area contributed by atoms with Gasteiger partial charge in [0.25, 0.3) is 14.2 Å². The summed E-state index contributed by atoms with van der Waals surface area (Å²) in [5.41, 5.74) is 0.744. The average Bonchev–Trinajstić information content (AvgIpc) is 3.15. The SMILES string of the molecule is COc1ccc(-c2nnc(S(=O)(=O)Cl)n2C2CC2)cc1Br. The molecule has 2 aromatic rings. The number of halogens is 2. The van der Waals surface area contributed by atoms with Gasteiger partial charge in [-0.1, -0.05) is 0 Å². The molecule has 3 rings (SSSR count). The second kappa shape index (κ2) is 5.26. The summed E-state index contributed by atoms with van der Waals surface area (Å²) in [6.45, 7) is 0. The van der Waals surface area contributed by atoms with Gasteiger partial charge >= 0.3 is 0 Å². The minimum absolute atomic E-state index is 0.0828. The predicted molar refractivity (Wildman–Crippen MR) is 81.0 cm³/mol. The van der Waals surface area contributed by atoms with Crippen LogP contribution in [0.3, 0.4) is 0 Å². The van der Waals surface area contributed by atoms with E-state index < -0.39 is 9.05 Å². The third-order valence-electron chi connectivity index (χ3n) is 3.20. The first-order valence-corrected chi connectivity index (χ1v) is 9.25. The molecule has 6 nitrogen and oxygen atoms in total. The second-order valence-corrected chi connectivity index (χ2v) is 8.01. The molecule has 9 heteroatoms. The molecule has 0 atom stereocenters. The number of nitrogens with zero attached hydrogens (tertiary/aromatic N) is 3. The molecule has 0 unspecified atom stereocenters. The maximum absolute atomic E-state index is 11.6. The lowest BCUT2D eigenvalue weighted by atomic mass is 10.2. The van der Waals surface area contributed by atoms with Crippen molar-refractivity contribution in [1.82, 2.24) is 14.8 Å². The Hall–Kier alpha value is -1.12. The molecular weight excluding hydrogens is 382 g/mol. The van der Waals surface area contributed by atoms with Crippen molar-refractivity contribution < 1.29 is 13.2 Å². The highest BCUT2D eigenvalue weighted by Crippen LogP contribution is 2.41. The van der Waals surface area contributed by atoms with Gasteiger partial charge in [0.05, 0.1) is 11.6 Å². The van der Waals surface area contributed by atoms with Crippen LogP contribution in [0.2, 0.25) is 0 Å². The van der Waals surface area contributed by atoms with Crippen molar-refractivity contribution in [1.29, 1.82) is 0 Å². The van der Waals surface area contributed by atoms with Crippen molar-refractivity contribution in [2.45, 2.75) is 24.0 Å². The zero-order valence-corrected chi connectivity index (χ0v) is 14.1. The first-order chi connectivity index (χ1) is 9.91. The topological polar surface area (TPSA) is 74.1 Å². The summed E-state index contributed by atoms with van der Waals surface area (Å²) < 4.78 is 30.7. The number of hydrogen-bond acceptors (Lipinski definition) is 5. The van der Waals surface area contributed by atoms with Crippen LogP contribution >= 0.6 is 26.6 Å². The molecular formula is C12H11BrClN3O3S. The van der Waals surface area contributed by atoms with Crippen LogP contribution in [0.5, 0.6) is 5.75 Å². The Balaban J connectivity index is 2.15. The number of rotatable bonds is 4. The van der Waals surface area contributed by atoms with Gasteiger partial charge in [0.2, 0.25) is 0 Å². The summed E-state index contributed by atoms with van der Waals surface area (Å²) in [6.07, 6.45) is 1.78. The van der Waals surface area contributed by atoms with Gasteiger partial charge in [-0.2, -0.15) is 0 Å². The number of methoxy groups -OCH3 is 1. The van der Waals surface area contributed by atoms with Crippen LogP contribution in [-0.4, -0.2) is 30.3 Å². The molecule has 0 saturated heterocycles. The Morgan fingerprint density at radius 1 is 1.38 bits per heavy atom. The molecule has 1 aliphatic carbocycles. The van der Waals surface area contributed by atoms with E-state index in [9.17, 15) is 8.42 Å². The smallest absolute Gasteiger partial charge is 0.296 e. The Kier molecular flexibility index (Phi) is 3.71. The molecule has 21 heavy (non-hydrogen) atoms. The maximum Gasteiger partial charge on any atom is 0.296 e. The molecule has 1 fully saturated rings. The van der Waals surface area contributed by atoms with Gasteiger partial charge in [-0.05, 0) is 47.0 Å². The van der Waals surface area contributed by atoms with E-state index in [0.717, 1.165) is 22.9 Å². The summed E-state index contributed by atoms with van der Waals surface area (Å²) >= 11 is 3.40. The van der Waals surface area contributed by atoms with Crippen LogP contribution in [0.25, 0.3) is 11.4 Å². The fraction of sp³-hybridized carbons (Fsp3) is 0.333. The fourth-order valence-electron chi connectivity index (χ4n) is 2.11. The molecule has 0 amide bonds. The Labute approximate surface area is 134 Å². The second-order valence-electron chi connectivity index (χ2n) is 4.69. The third kappa shape index (κ3) is 2.79. The van der Waals surface area contributed by atoms with Crippen molar-refractivity contribution >= 4 is 35.7 Å². The molecule has 0 bridgehead atoms. The lowest BCUT2D eigenvalue weighted by Gasteiger charge is -2.09. The summed E-state index contributed by atoms with van der Waals surface area (Å²) in [5, 5.41) is 7.54. The van der Waals surface area contributed by atoms with Gasteiger partial charge in [0.1, 0.15) is 5.75 Å². The predicted octanol–water partition coefficient (Wildman–Crippen LogP) is 2.98. The lowest BCUT2D eigenvalue weighted by Crippen LogP contribution is -2.06. The normalized spacial score (nSPS) is 15.2. The zero-order chi connectivity index (χ0) is 15.2. The summed E-state index contributed by atoms with van der Waals surface area (Å²) in [4.78, 5) is 0. The third-order valence-corrected chi connectivity index (χ3v) is 4.95. The maximum atomic E-state index is 11.6. The van der Waals surface area contributed by atoms with E-state index in [4.69, 9.17) is 15.4 Å².